The van der Waals surface area contributed by atoms with Crippen LogP contribution in [-0.2, 0) is 18.3 Å². The molecule has 1 aliphatic rings. The number of halogens is 1. The summed E-state index contributed by atoms with van der Waals surface area (Å²) in [6.45, 7) is 4.19. The monoisotopic (exact) mass is 282 g/mol. The predicted molar refractivity (Wildman–Crippen MR) is 77.4 cm³/mol. The van der Waals surface area contributed by atoms with Crippen molar-refractivity contribution in [3.63, 3.8) is 0 Å². The molecule has 0 aliphatic heterocycles. The number of nitrogens with zero attached hydrogens (tertiary/aromatic N) is 2. The first-order valence-electron chi connectivity index (χ1n) is 7.23. The fourth-order valence-electron chi connectivity index (χ4n) is 3.22. The van der Waals surface area contributed by atoms with Crippen molar-refractivity contribution < 1.29 is 4.79 Å². The molecule has 2 rings (SSSR count). The fraction of sp³-hybridized carbons (Fsp3) is 0.733. The van der Waals surface area contributed by atoms with Crippen molar-refractivity contribution >= 4 is 17.4 Å². The van der Waals surface area contributed by atoms with E-state index in [0.717, 1.165) is 36.9 Å². The zero-order valence-corrected chi connectivity index (χ0v) is 12.8. The highest BCUT2D eigenvalue weighted by atomic mass is 35.5. The highest BCUT2D eigenvalue weighted by Gasteiger charge is 2.29. The maximum atomic E-state index is 12.1. The lowest BCUT2D eigenvalue weighted by molar-refractivity contribution is -0.125. The second-order valence-corrected chi connectivity index (χ2v) is 6.13. The summed E-state index contributed by atoms with van der Waals surface area (Å²) in [5.74, 6) is 1.26. The molecule has 0 bridgehead atoms. The molecule has 2 atom stereocenters. The van der Waals surface area contributed by atoms with Gasteiger partial charge >= 0.3 is 0 Å². The van der Waals surface area contributed by atoms with Gasteiger partial charge in [-0.05, 0) is 32.1 Å². The summed E-state index contributed by atoms with van der Waals surface area (Å²) >= 11 is 6.27. The number of rotatable bonds is 4. The summed E-state index contributed by atoms with van der Waals surface area (Å²) < 4.78 is 1.70. The molecule has 19 heavy (non-hydrogen) atoms. The molecule has 1 aliphatic carbocycles. The molecule has 0 amide bonds. The summed E-state index contributed by atoms with van der Waals surface area (Å²) in [6.07, 6.45) is 6.05. The zero-order valence-electron chi connectivity index (χ0n) is 12.1. The maximum absolute atomic E-state index is 12.1. The van der Waals surface area contributed by atoms with Gasteiger partial charge in [-0.15, -0.1) is 0 Å². The van der Waals surface area contributed by atoms with Crippen molar-refractivity contribution in [2.24, 2.45) is 18.9 Å². The lowest BCUT2D eigenvalue weighted by Crippen LogP contribution is -2.26. The molecule has 4 heteroatoms. The average Bonchev–Trinajstić information content (AvgIpc) is 2.60. The Morgan fingerprint density at radius 1 is 1.47 bits per heavy atom. The van der Waals surface area contributed by atoms with Gasteiger partial charge in [0.15, 0.2) is 0 Å². The van der Waals surface area contributed by atoms with Gasteiger partial charge in [0.2, 0.25) is 0 Å². The molecule has 106 valence electrons. The summed E-state index contributed by atoms with van der Waals surface area (Å²) in [6, 6.07) is 0. The van der Waals surface area contributed by atoms with Crippen molar-refractivity contribution in [1.29, 1.82) is 0 Å². The molecular formula is C15H23ClN2O. The lowest BCUT2D eigenvalue weighted by atomic mass is 9.76. The van der Waals surface area contributed by atoms with Crippen LogP contribution in [0.15, 0.2) is 0 Å². The molecule has 1 heterocycles. The standard InChI is InChI=1S/C15H23ClN2O/c1-4-5-11-6-7-14(19)12(8-11)9-13-10(2)17-18(3)15(13)16/h11-12H,4-9H2,1-3H3. The number of carbonyl (C=O) groups is 1. The van der Waals surface area contributed by atoms with Crippen LogP contribution < -0.4 is 0 Å². The molecule has 0 radical (unpaired) electrons. The Kier molecular flexibility index (Phi) is 4.67. The van der Waals surface area contributed by atoms with Crippen LogP contribution in [0.5, 0.6) is 0 Å². The minimum Gasteiger partial charge on any atom is -0.299 e. The Morgan fingerprint density at radius 2 is 2.21 bits per heavy atom. The van der Waals surface area contributed by atoms with Gasteiger partial charge < -0.3 is 0 Å². The van der Waals surface area contributed by atoms with Gasteiger partial charge in [0.1, 0.15) is 10.9 Å². The molecule has 0 N–H and O–H groups in total. The SMILES string of the molecule is CCCC1CCC(=O)C(Cc2c(C)nn(C)c2Cl)C1. The Labute approximate surface area is 120 Å². The van der Waals surface area contributed by atoms with Crippen molar-refractivity contribution in [3.8, 4) is 0 Å². The van der Waals surface area contributed by atoms with Gasteiger partial charge in [0.25, 0.3) is 0 Å². The van der Waals surface area contributed by atoms with Crippen LogP contribution in [0.4, 0.5) is 0 Å². The first-order valence-corrected chi connectivity index (χ1v) is 7.61. The number of hydrogen-bond donors (Lipinski definition) is 0. The fourth-order valence-corrected chi connectivity index (χ4v) is 3.47. The van der Waals surface area contributed by atoms with Gasteiger partial charge in [-0.2, -0.15) is 5.10 Å². The molecule has 1 fully saturated rings. The number of Topliss-reactive ketones (excluding diaryl/α,β-unsaturated/α-hetero) is 1. The minimum atomic E-state index is 0.144. The first-order chi connectivity index (χ1) is 9.02. The summed E-state index contributed by atoms with van der Waals surface area (Å²) in [7, 11) is 1.85. The third-order valence-electron chi connectivity index (χ3n) is 4.29. The number of ketones is 1. The topological polar surface area (TPSA) is 34.9 Å². The van der Waals surface area contributed by atoms with E-state index >= 15 is 0 Å². The van der Waals surface area contributed by atoms with Crippen LogP contribution in [-0.4, -0.2) is 15.6 Å². The Morgan fingerprint density at radius 3 is 2.79 bits per heavy atom. The van der Waals surface area contributed by atoms with Crippen LogP contribution in [0.1, 0.15) is 50.3 Å². The molecule has 1 aromatic heterocycles. The Balaban J connectivity index is 2.10. The normalized spacial score (nSPS) is 23.9. The van der Waals surface area contributed by atoms with E-state index in [1.165, 1.54) is 12.8 Å². The zero-order chi connectivity index (χ0) is 14.0. The molecular weight excluding hydrogens is 260 g/mol. The molecule has 2 unspecified atom stereocenters. The van der Waals surface area contributed by atoms with E-state index < -0.39 is 0 Å². The Bertz CT molecular complexity index is 467. The van der Waals surface area contributed by atoms with Crippen molar-refractivity contribution in [2.75, 3.05) is 0 Å². The van der Waals surface area contributed by atoms with Crippen molar-refractivity contribution in [2.45, 2.75) is 52.4 Å². The van der Waals surface area contributed by atoms with E-state index in [2.05, 4.69) is 12.0 Å². The Hall–Kier alpha value is -0.830. The van der Waals surface area contributed by atoms with Crippen LogP contribution >= 0.6 is 11.6 Å². The smallest absolute Gasteiger partial charge is 0.136 e. The number of hydrogen-bond acceptors (Lipinski definition) is 2. The number of aromatic nitrogens is 2. The highest BCUT2D eigenvalue weighted by molar-refractivity contribution is 6.30. The maximum Gasteiger partial charge on any atom is 0.136 e. The van der Waals surface area contributed by atoms with Crippen LogP contribution in [0.3, 0.4) is 0 Å². The molecule has 0 saturated heterocycles. The van der Waals surface area contributed by atoms with Gasteiger partial charge in [0, 0.05) is 24.9 Å². The van der Waals surface area contributed by atoms with Crippen LogP contribution in [0, 0.1) is 18.8 Å². The van der Waals surface area contributed by atoms with Gasteiger partial charge in [-0.3, -0.25) is 9.48 Å². The lowest BCUT2D eigenvalue weighted by Gasteiger charge is -2.28. The molecule has 0 aromatic carbocycles. The summed E-state index contributed by atoms with van der Waals surface area (Å²) in [5, 5.41) is 5.01. The van der Waals surface area contributed by atoms with Gasteiger partial charge in [-0.1, -0.05) is 31.4 Å². The van der Waals surface area contributed by atoms with E-state index in [9.17, 15) is 4.79 Å². The van der Waals surface area contributed by atoms with E-state index in [1.54, 1.807) is 4.68 Å². The average molecular weight is 283 g/mol. The van der Waals surface area contributed by atoms with Crippen LogP contribution in [0.2, 0.25) is 5.15 Å². The third-order valence-corrected chi connectivity index (χ3v) is 4.76. The minimum absolute atomic E-state index is 0.144. The number of carbonyl (C=O) groups excluding carboxylic acids is 1. The molecule has 1 saturated carbocycles. The van der Waals surface area contributed by atoms with Crippen molar-refractivity contribution in [1.82, 2.24) is 9.78 Å². The van der Waals surface area contributed by atoms with Gasteiger partial charge in [0.05, 0.1) is 5.69 Å². The number of aryl methyl sites for hydroxylation is 2. The molecule has 0 spiro atoms. The van der Waals surface area contributed by atoms with Crippen molar-refractivity contribution in [3.05, 3.63) is 16.4 Å². The predicted octanol–water partition coefficient (Wildman–Crippen LogP) is 3.71. The van der Waals surface area contributed by atoms with Gasteiger partial charge in [-0.25, -0.2) is 0 Å². The highest BCUT2D eigenvalue weighted by Crippen LogP contribution is 2.33. The molecule has 3 nitrogen and oxygen atoms in total. The van der Waals surface area contributed by atoms with Crippen LogP contribution in [0.25, 0.3) is 0 Å². The quantitative estimate of drug-likeness (QED) is 0.844. The van der Waals surface area contributed by atoms with E-state index in [4.69, 9.17) is 11.6 Å². The largest absolute Gasteiger partial charge is 0.299 e. The summed E-state index contributed by atoms with van der Waals surface area (Å²) in [4.78, 5) is 12.1. The summed E-state index contributed by atoms with van der Waals surface area (Å²) in [5.41, 5.74) is 2.01. The second kappa shape index (κ2) is 6.08. The van der Waals surface area contributed by atoms with E-state index in [1.807, 2.05) is 14.0 Å². The van der Waals surface area contributed by atoms with E-state index in [-0.39, 0.29) is 5.92 Å². The third kappa shape index (κ3) is 3.19. The van der Waals surface area contributed by atoms with E-state index in [0.29, 0.717) is 16.9 Å². The first kappa shape index (κ1) is 14.6. The second-order valence-electron chi connectivity index (χ2n) is 5.77. The molecule has 1 aromatic rings.